The molecule has 0 heteroatoms. The molecule has 1 fully saturated rings. The van der Waals surface area contributed by atoms with Crippen LogP contribution < -0.4 is 0 Å². The third-order valence-corrected chi connectivity index (χ3v) is 10.0. The Morgan fingerprint density at radius 3 is 1.73 bits per heavy atom. The molecule has 45 heavy (non-hydrogen) atoms. The van der Waals surface area contributed by atoms with Gasteiger partial charge in [0.05, 0.1) is 0 Å². The van der Waals surface area contributed by atoms with Gasteiger partial charge in [0.1, 0.15) is 0 Å². The Labute approximate surface area is 273 Å². The van der Waals surface area contributed by atoms with Crippen LogP contribution in [0, 0.1) is 23.7 Å². The van der Waals surface area contributed by atoms with E-state index in [-0.39, 0.29) is 0 Å². The van der Waals surface area contributed by atoms with Crippen LogP contribution in [0.2, 0.25) is 0 Å². The van der Waals surface area contributed by atoms with Crippen molar-refractivity contribution in [3.63, 3.8) is 0 Å². The Balaban J connectivity index is 0.000000119. The van der Waals surface area contributed by atoms with Gasteiger partial charge in [-0.25, -0.2) is 0 Å². The third-order valence-electron chi connectivity index (χ3n) is 10.0. The first kappa shape index (κ1) is 32.7. The summed E-state index contributed by atoms with van der Waals surface area (Å²) in [5.74, 6) is 4.44. The Bertz CT molecular complexity index is 1580. The zero-order valence-corrected chi connectivity index (χ0v) is 28.4. The zero-order valence-electron chi connectivity index (χ0n) is 28.4. The van der Waals surface area contributed by atoms with Gasteiger partial charge >= 0.3 is 0 Å². The third kappa shape index (κ3) is 9.20. The highest BCUT2D eigenvalue weighted by Crippen LogP contribution is 2.51. The molecule has 234 valence electrons. The molecule has 3 aliphatic rings. The van der Waals surface area contributed by atoms with Gasteiger partial charge in [-0.2, -0.15) is 0 Å². The molecular weight excluding hydrogens is 540 g/mol. The van der Waals surface area contributed by atoms with E-state index in [1.165, 1.54) is 60.4 Å². The lowest BCUT2D eigenvalue weighted by Gasteiger charge is -2.20. The first-order valence-corrected chi connectivity index (χ1v) is 17.6. The summed E-state index contributed by atoms with van der Waals surface area (Å²) in [6.45, 7) is 11.5. The number of rotatable bonds is 3. The minimum Gasteiger partial charge on any atom is -0.0625 e. The summed E-state index contributed by atoms with van der Waals surface area (Å²) >= 11 is 0. The lowest BCUT2D eigenvalue weighted by atomic mass is 9.85. The molecule has 3 atom stereocenters. The van der Waals surface area contributed by atoms with Gasteiger partial charge in [-0.3, -0.25) is 0 Å². The van der Waals surface area contributed by atoms with Crippen molar-refractivity contribution < 1.29 is 0 Å². The van der Waals surface area contributed by atoms with E-state index in [2.05, 4.69) is 156 Å². The van der Waals surface area contributed by atoms with E-state index in [0.717, 1.165) is 36.0 Å². The van der Waals surface area contributed by atoms with Gasteiger partial charge < -0.3 is 0 Å². The van der Waals surface area contributed by atoms with E-state index < -0.39 is 0 Å². The van der Waals surface area contributed by atoms with Crippen LogP contribution in [0.25, 0.3) is 10.8 Å². The van der Waals surface area contributed by atoms with Crippen LogP contribution in [0.4, 0.5) is 0 Å². The molecule has 0 radical (unpaired) electrons. The fourth-order valence-corrected chi connectivity index (χ4v) is 7.29. The maximum Gasteiger partial charge on any atom is -0.0128 e. The highest BCUT2D eigenvalue weighted by atomic mass is 14.4. The lowest BCUT2D eigenvalue weighted by molar-refractivity contribution is 0.501. The molecule has 5 aromatic rings. The van der Waals surface area contributed by atoms with Gasteiger partial charge in [-0.05, 0) is 119 Å². The maximum atomic E-state index is 2.34. The molecule has 8 rings (SSSR count). The number of hydrogen-bond acceptors (Lipinski definition) is 0. The summed E-state index contributed by atoms with van der Waals surface area (Å²) in [7, 11) is 0. The van der Waals surface area contributed by atoms with E-state index in [9.17, 15) is 0 Å². The Hall–Kier alpha value is -3.64. The van der Waals surface area contributed by atoms with Crippen molar-refractivity contribution in [2.75, 3.05) is 0 Å². The molecule has 0 aliphatic heterocycles. The molecule has 0 amide bonds. The summed E-state index contributed by atoms with van der Waals surface area (Å²) in [5.41, 5.74) is 9.26. The van der Waals surface area contributed by atoms with Gasteiger partial charge in [-0.1, -0.05) is 156 Å². The molecule has 0 spiro atoms. The molecular formula is C45H54. The van der Waals surface area contributed by atoms with Crippen molar-refractivity contribution in [3.8, 4) is 0 Å². The second-order valence-corrected chi connectivity index (χ2v) is 14.1. The van der Waals surface area contributed by atoms with Crippen molar-refractivity contribution in [3.05, 3.63) is 155 Å². The van der Waals surface area contributed by atoms with Crippen LogP contribution in [0.3, 0.4) is 0 Å². The summed E-state index contributed by atoms with van der Waals surface area (Å²) in [6, 6.07) is 43.5. The second-order valence-electron chi connectivity index (χ2n) is 14.1. The number of aryl methyl sites for hydroxylation is 2. The van der Waals surface area contributed by atoms with Crippen molar-refractivity contribution in [2.24, 2.45) is 23.7 Å². The van der Waals surface area contributed by atoms with E-state index in [1.54, 1.807) is 22.3 Å². The fraction of sp³-hybridized carbons (Fsp3) is 0.378. The van der Waals surface area contributed by atoms with Crippen molar-refractivity contribution >= 4 is 10.8 Å². The molecule has 0 nitrogen and oxygen atoms in total. The topological polar surface area (TPSA) is 0 Å². The predicted molar refractivity (Wildman–Crippen MR) is 196 cm³/mol. The van der Waals surface area contributed by atoms with Gasteiger partial charge in [0.15, 0.2) is 0 Å². The standard InChI is InChI=1S/C12H16.C12H12.C11H14.C10H12/c1-9(2)11-8-12(11)10-6-4-3-5-7-10;1-2-10-7-5-8-11-6-3-4-9-12(10)11;1-9-6-7-10-4-2-3-5-11(10)8-9;1-8-6-9-4-2-3-5-10(9)7-8/h3-7,9,11-12H,8H2,1-2H3;3-9H,2H2,1H3;2-5,9H,6-8H2,1H3;2-5,8H,6-7H2,1H3/t11-,12-;;;/m0.../s1. The first-order valence-electron chi connectivity index (χ1n) is 17.6. The van der Waals surface area contributed by atoms with E-state index in [1.807, 2.05) is 0 Å². The predicted octanol–water partition coefficient (Wildman–Crippen LogP) is 12.1. The molecule has 5 aromatic carbocycles. The van der Waals surface area contributed by atoms with Crippen molar-refractivity contribution in [1.82, 2.24) is 0 Å². The smallest absolute Gasteiger partial charge is 0.0128 e. The van der Waals surface area contributed by atoms with Crippen LogP contribution >= 0.6 is 0 Å². The van der Waals surface area contributed by atoms with E-state index in [4.69, 9.17) is 0 Å². The minimum atomic E-state index is 0.857. The number of hydrogen-bond donors (Lipinski definition) is 0. The average molecular weight is 595 g/mol. The minimum absolute atomic E-state index is 0.857. The molecule has 0 heterocycles. The first-order chi connectivity index (χ1) is 21.9. The molecule has 3 aliphatic carbocycles. The molecule has 0 aromatic heterocycles. The van der Waals surface area contributed by atoms with Gasteiger partial charge in [0, 0.05) is 0 Å². The molecule has 0 N–H and O–H groups in total. The molecule has 1 unspecified atom stereocenters. The largest absolute Gasteiger partial charge is 0.0625 e. The Kier molecular flexibility index (Phi) is 11.7. The lowest BCUT2D eigenvalue weighted by Crippen LogP contribution is -2.10. The maximum absolute atomic E-state index is 2.34. The highest BCUT2D eigenvalue weighted by molar-refractivity contribution is 5.85. The fourth-order valence-electron chi connectivity index (χ4n) is 7.29. The van der Waals surface area contributed by atoms with Crippen molar-refractivity contribution in [2.45, 2.75) is 85.5 Å². The molecule has 0 saturated heterocycles. The van der Waals surface area contributed by atoms with Gasteiger partial charge in [0.25, 0.3) is 0 Å². The van der Waals surface area contributed by atoms with E-state index >= 15 is 0 Å². The Morgan fingerprint density at radius 1 is 0.578 bits per heavy atom. The number of fused-ring (bicyclic) bond motifs is 3. The van der Waals surface area contributed by atoms with Crippen molar-refractivity contribution in [1.29, 1.82) is 0 Å². The molecule has 1 saturated carbocycles. The quantitative estimate of drug-likeness (QED) is 0.195. The van der Waals surface area contributed by atoms with Crippen LogP contribution in [0.15, 0.2) is 121 Å². The zero-order chi connectivity index (χ0) is 31.6. The summed E-state index contributed by atoms with van der Waals surface area (Å²) < 4.78 is 0. The Morgan fingerprint density at radius 2 is 1.11 bits per heavy atom. The summed E-state index contributed by atoms with van der Waals surface area (Å²) in [6.07, 6.45) is 9.04. The van der Waals surface area contributed by atoms with Crippen LogP contribution in [-0.4, -0.2) is 0 Å². The van der Waals surface area contributed by atoms with Crippen LogP contribution in [-0.2, 0) is 32.1 Å². The summed E-state index contributed by atoms with van der Waals surface area (Å²) in [5, 5.41) is 2.74. The monoisotopic (exact) mass is 594 g/mol. The van der Waals surface area contributed by atoms with E-state index in [0.29, 0.717) is 0 Å². The van der Waals surface area contributed by atoms with Gasteiger partial charge in [-0.15, -0.1) is 0 Å². The number of benzene rings is 5. The summed E-state index contributed by atoms with van der Waals surface area (Å²) in [4.78, 5) is 0. The van der Waals surface area contributed by atoms with Crippen LogP contribution in [0.5, 0.6) is 0 Å². The second kappa shape index (κ2) is 16.1. The normalized spacial score (nSPS) is 19.6. The highest BCUT2D eigenvalue weighted by Gasteiger charge is 2.39. The molecule has 0 bridgehead atoms. The van der Waals surface area contributed by atoms with Crippen LogP contribution in [0.1, 0.15) is 86.8 Å². The SMILES string of the molecule is CC(C)[C@@H]1C[C@H]1c1ccccc1.CC1CCc2ccccc2C1.CC1Cc2ccccc2C1.CCc1cccc2ccccc12. The average Bonchev–Trinajstić information content (AvgIpc) is 3.80. The van der Waals surface area contributed by atoms with Gasteiger partial charge in [0.2, 0.25) is 0 Å².